The van der Waals surface area contributed by atoms with Crippen molar-refractivity contribution in [3.8, 4) is 11.8 Å². The van der Waals surface area contributed by atoms with Gasteiger partial charge >= 0.3 is 6.18 Å². The second kappa shape index (κ2) is 9.15. The summed E-state index contributed by atoms with van der Waals surface area (Å²) in [5, 5.41) is 17.7. The highest BCUT2D eigenvalue weighted by Crippen LogP contribution is 2.37. The molecule has 1 aromatic carbocycles. The van der Waals surface area contributed by atoms with Crippen LogP contribution in [0.4, 0.5) is 18.9 Å². The lowest BCUT2D eigenvalue weighted by Crippen LogP contribution is -2.49. The number of aromatic nitrogens is 4. The number of nitriles is 1. The maximum Gasteiger partial charge on any atom is 0.451 e. The van der Waals surface area contributed by atoms with Gasteiger partial charge < -0.3 is 19.1 Å². The number of anilines is 1. The Morgan fingerprint density at radius 3 is 2.68 bits per heavy atom. The SMILES string of the molecule is C[C@@H]1CN(c2c(C#N)cnc3cc(OC4CC4)ccc23)CC[C@@H]1C(=O)N1CCn2c(nnc2C(F)(F)F)C1. The number of hydrogen-bond acceptors (Lipinski definition) is 7. The zero-order chi connectivity index (χ0) is 26.6. The molecule has 38 heavy (non-hydrogen) atoms. The van der Waals surface area contributed by atoms with Gasteiger partial charge in [0.05, 0.1) is 29.4 Å². The molecule has 1 saturated heterocycles. The molecule has 2 fully saturated rings. The van der Waals surface area contributed by atoms with E-state index in [9.17, 15) is 23.2 Å². The first-order valence-electron chi connectivity index (χ1n) is 12.8. The molecule has 9 nitrogen and oxygen atoms in total. The van der Waals surface area contributed by atoms with Crippen molar-refractivity contribution in [2.24, 2.45) is 11.8 Å². The first-order chi connectivity index (χ1) is 18.2. The molecule has 3 aliphatic rings. The van der Waals surface area contributed by atoms with Crippen LogP contribution in [-0.4, -0.2) is 56.3 Å². The smallest absolute Gasteiger partial charge is 0.451 e. The third-order valence-corrected chi connectivity index (χ3v) is 7.62. The van der Waals surface area contributed by atoms with Crippen LogP contribution >= 0.6 is 0 Å². The maximum absolute atomic E-state index is 13.4. The lowest BCUT2D eigenvalue weighted by atomic mass is 9.85. The van der Waals surface area contributed by atoms with E-state index < -0.39 is 12.0 Å². The largest absolute Gasteiger partial charge is 0.490 e. The van der Waals surface area contributed by atoms with E-state index in [4.69, 9.17) is 4.74 Å². The van der Waals surface area contributed by atoms with E-state index >= 15 is 0 Å². The molecule has 1 aliphatic carbocycles. The number of pyridine rings is 1. The number of rotatable bonds is 4. The lowest BCUT2D eigenvalue weighted by Gasteiger charge is -2.40. The predicted octanol–water partition coefficient (Wildman–Crippen LogP) is 3.76. The highest BCUT2D eigenvalue weighted by Gasteiger charge is 2.41. The fraction of sp³-hybridized carbons (Fsp3) is 0.500. The van der Waals surface area contributed by atoms with Crippen molar-refractivity contribution < 1.29 is 22.7 Å². The van der Waals surface area contributed by atoms with Gasteiger partial charge in [-0.3, -0.25) is 9.78 Å². The van der Waals surface area contributed by atoms with Gasteiger partial charge in [-0.15, -0.1) is 10.2 Å². The number of carbonyl (C=O) groups excluding carboxylic acids is 1. The van der Waals surface area contributed by atoms with E-state index in [1.165, 1.54) is 0 Å². The highest BCUT2D eigenvalue weighted by atomic mass is 19.4. The average Bonchev–Trinajstić information content (AvgIpc) is 3.60. The summed E-state index contributed by atoms with van der Waals surface area (Å²) in [6, 6.07) is 8.01. The molecule has 2 aromatic heterocycles. The number of halogens is 3. The van der Waals surface area contributed by atoms with Crippen molar-refractivity contribution >= 4 is 22.5 Å². The zero-order valence-electron chi connectivity index (χ0n) is 20.8. The lowest BCUT2D eigenvalue weighted by molar-refractivity contribution is -0.148. The van der Waals surface area contributed by atoms with Gasteiger partial charge in [-0.1, -0.05) is 6.92 Å². The average molecular weight is 526 g/mol. The number of hydrogen-bond donors (Lipinski definition) is 0. The molecule has 0 unspecified atom stereocenters. The summed E-state index contributed by atoms with van der Waals surface area (Å²) in [6.45, 7) is 3.33. The molecule has 2 atom stereocenters. The zero-order valence-corrected chi connectivity index (χ0v) is 20.8. The van der Waals surface area contributed by atoms with Gasteiger partial charge in [0.1, 0.15) is 11.8 Å². The number of piperidine rings is 1. The molecule has 12 heteroatoms. The van der Waals surface area contributed by atoms with Crippen LogP contribution in [0.1, 0.15) is 43.4 Å². The fourth-order valence-corrected chi connectivity index (χ4v) is 5.54. The van der Waals surface area contributed by atoms with Gasteiger partial charge in [0.15, 0.2) is 5.82 Å². The third kappa shape index (κ3) is 4.40. The van der Waals surface area contributed by atoms with E-state index in [1.54, 1.807) is 11.1 Å². The Hall–Kier alpha value is -3.88. The van der Waals surface area contributed by atoms with E-state index in [0.29, 0.717) is 25.1 Å². The standard InChI is InChI=1S/C26H26F3N7O2/c1-15-13-34(23-16(11-30)12-31-21-10-18(4-5-20(21)23)38-17-2-3-17)7-6-19(15)24(37)35-8-9-36-22(14-35)32-33-25(36)26(27,28)29/h4-5,10,12,15,17,19H,2-3,6-9,13-14H2,1H3/t15-,19+/m1/s1. The third-order valence-electron chi connectivity index (χ3n) is 7.62. The van der Waals surface area contributed by atoms with Gasteiger partial charge in [-0.2, -0.15) is 18.4 Å². The summed E-state index contributed by atoms with van der Waals surface area (Å²) in [4.78, 5) is 21.6. The Bertz CT molecular complexity index is 1440. The number of carbonyl (C=O) groups is 1. The normalized spacial score (nSPS) is 21.8. The minimum atomic E-state index is -4.58. The minimum absolute atomic E-state index is 0.00762. The second-order valence-electron chi connectivity index (χ2n) is 10.3. The predicted molar refractivity (Wildman–Crippen MR) is 130 cm³/mol. The molecule has 198 valence electrons. The number of benzene rings is 1. The molecule has 1 amide bonds. The van der Waals surface area contributed by atoms with Crippen molar-refractivity contribution in [1.29, 1.82) is 5.26 Å². The Morgan fingerprint density at radius 1 is 1.16 bits per heavy atom. The molecule has 0 N–H and O–H groups in total. The van der Waals surface area contributed by atoms with Crippen molar-refractivity contribution in [2.75, 3.05) is 24.5 Å². The van der Waals surface area contributed by atoms with Crippen LogP contribution < -0.4 is 9.64 Å². The first-order valence-corrected chi connectivity index (χ1v) is 12.8. The summed E-state index contributed by atoms with van der Waals surface area (Å²) in [7, 11) is 0. The highest BCUT2D eigenvalue weighted by molar-refractivity contribution is 5.95. The number of amides is 1. The maximum atomic E-state index is 13.4. The van der Waals surface area contributed by atoms with Crippen LogP contribution in [0.15, 0.2) is 24.4 Å². The monoisotopic (exact) mass is 525 g/mol. The van der Waals surface area contributed by atoms with Crippen molar-refractivity contribution in [1.82, 2.24) is 24.6 Å². The van der Waals surface area contributed by atoms with Crippen LogP contribution in [0.3, 0.4) is 0 Å². The molecule has 4 heterocycles. The van der Waals surface area contributed by atoms with Gasteiger partial charge in [0.2, 0.25) is 11.7 Å². The number of fused-ring (bicyclic) bond motifs is 2. The molecule has 0 spiro atoms. The van der Waals surface area contributed by atoms with E-state index in [2.05, 4.69) is 26.2 Å². The molecule has 0 radical (unpaired) electrons. The van der Waals surface area contributed by atoms with Crippen LogP contribution in [0, 0.1) is 23.2 Å². The summed E-state index contributed by atoms with van der Waals surface area (Å²) in [5.41, 5.74) is 2.03. The van der Waals surface area contributed by atoms with E-state index in [1.807, 2.05) is 25.1 Å². The van der Waals surface area contributed by atoms with E-state index in [0.717, 1.165) is 39.7 Å². The Balaban J connectivity index is 1.19. The van der Waals surface area contributed by atoms with Gasteiger partial charge in [0, 0.05) is 49.7 Å². The van der Waals surface area contributed by atoms with Crippen LogP contribution in [-0.2, 0) is 24.1 Å². The quantitative estimate of drug-likeness (QED) is 0.511. The van der Waals surface area contributed by atoms with Crippen LogP contribution in [0.2, 0.25) is 0 Å². The summed E-state index contributed by atoms with van der Waals surface area (Å²) in [5.74, 6) is -0.504. The fourth-order valence-electron chi connectivity index (χ4n) is 5.54. The van der Waals surface area contributed by atoms with Crippen molar-refractivity contribution in [3.63, 3.8) is 0 Å². The van der Waals surface area contributed by atoms with E-state index in [-0.39, 0.29) is 49.3 Å². The molecule has 3 aromatic rings. The number of nitrogens with zero attached hydrogens (tertiary/aromatic N) is 7. The molecule has 1 saturated carbocycles. The molecule has 2 aliphatic heterocycles. The van der Waals surface area contributed by atoms with Crippen LogP contribution in [0.5, 0.6) is 5.75 Å². The molecular weight excluding hydrogens is 499 g/mol. The van der Waals surface area contributed by atoms with Crippen molar-refractivity contribution in [3.05, 3.63) is 41.6 Å². The Kier molecular flexibility index (Phi) is 5.89. The minimum Gasteiger partial charge on any atom is -0.490 e. The summed E-state index contributed by atoms with van der Waals surface area (Å²) < 4.78 is 46.5. The van der Waals surface area contributed by atoms with Gasteiger partial charge in [-0.25, -0.2) is 0 Å². The topological polar surface area (TPSA) is 100 Å². The summed E-state index contributed by atoms with van der Waals surface area (Å²) in [6.07, 6.45) is -0.0486. The van der Waals surface area contributed by atoms with Gasteiger partial charge in [0.25, 0.3) is 0 Å². The Labute approximate surface area is 216 Å². The van der Waals surface area contributed by atoms with Crippen molar-refractivity contribution in [2.45, 2.75) is 51.6 Å². The molecule has 0 bridgehead atoms. The second-order valence-corrected chi connectivity index (χ2v) is 10.3. The first kappa shape index (κ1) is 24.5. The number of ether oxygens (including phenoxy) is 1. The molecule has 6 rings (SSSR count). The number of alkyl halides is 3. The van der Waals surface area contributed by atoms with Gasteiger partial charge in [-0.05, 0) is 37.3 Å². The molecular formula is C26H26F3N7O2. The summed E-state index contributed by atoms with van der Waals surface area (Å²) >= 11 is 0. The Morgan fingerprint density at radius 2 is 1.97 bits per heavy atom. The van der Waals surface area contributed by atoms with Crippen LogP contribution in [0.25, 0.3) is 10.9 Å².